The van der Waals surface area contributed by atoms with Crippen LogP contribution in [0.3, 0.4) is 0 Å². The van der Waals surface area contributed by atoms with Crippen LogP contribution in [0.4, 0.5) is 0 Å². The summed E-state index contributed by atoms with van der Waals surface area (Å²) in [4.78, 5) is 63.0. The molecule has 0 aromatic heterocycles. The van der Waals surface area contributed by atoms with Crippen molar-refractivity contribution in [3.05, 3.63) is 35.4 Å². The average molecular weight is 389 g/mol. The standard InChI is InChI=1S/C19H23N3O6/c1-4-20-15(23)10-21(5-2)16(24)11-28-19(27)12(3)22-17(25)13-8-6-7-9-14(13)18(22)26/h6-9,12H,4-5,10-11H2,1-3H3,(H,20,23)/t12-/m0/s1. The summed E-state index contributed by atoms with van der Waals surface area (Å²) in [7, 11) is 0. The fourth-order valence-electron chi connectivity index (χ4n) is 2.81. The van der Waals surface area contributed by atoms with Gasteiger partial charge in [0.2, 0.25) is 5.91 Å². The molecule has 28 heavy (non-hydrogen) atoms. The van der Waals surface area contributed by atoms with Gasteiger partial charge in [-0.15, -0.1) is 0 Å². The maximum Gasteiger partial charge on any atom is 0.329 e. The van der Waals surface area contributed by atoms with E-state index < -0.39 is 36.3 Å². The van der Waals surface area contributed by atoms with Crippen molar-refractivity contribution >= 4 is 29.6 Å². The molecule has 1 aromatic carbocycles. The molecule has 1 N–H and O–H groups in total. The second kappa shape index (κ2) is 9.12. The Morgan fingerprint density at radius 1 is 1.11 bits per heavy atom. The summed E-state index contributed by atoms with van der Waals surface area (Å²) < 4.78 is 4.99. The van der Waals surface area contributed by atoms with E-state index in [1.807, 2.05) is 0 Å². The van der Waals surface area contributed by atoms with E-state index in [-0.39, 0.29) is 30.1 Å². The zero-order valence-corrected chi connectivity index (χ0v) is 16.1. The molecule has 2 rings (SSSR count). The number of esters is 1. The molecule has 0 fully saturated rings. The van der Waals surface area contributed by atoms with Gasteiger partial charge in [-0.05, 0) is 32.9 Å². The van der Waals surface area contributed by atoms with Crippen LogP contribution in [0.2, 0.25) is 0 Å². The van der Waals surface area contributed by atoms with Gasteiger partial charge in [0.05, 0.1) is 17.7 Å². The Labute approximate surface area is 162 Å². The van der Waals surface area contributed by atoms with Crippen molar-refractivity contribution < 1.29 is 28.7 Å². The minimum atomic E-state index is -1.18. The van der Waals surface area contributed by atoms with Crippen LogP contribution >= 0.6 is 0 Å². The minimum absolute atomic E-state index is 0.144. The van der Waals surface area contributed by atoms with Crippen LogP contribution in [0.1, 0.15) is 41.5 Å². The minimum Gasteiger partial charge on any atom is -0.454 e. The number of nitrogens with zero attached hydrogens (tertiary/aromatic N) is 2. The SMILES string of the molecule is CCNC(=O)CN(CC)C(=O)COC(=O)[C@H](C)N1C(=O)c2ccccc2C1=O. The lowest BCUT2D eigenvalue weighted by Crippen LogP contribution is -2.45. The number of imide groups is 1. The summed E-state index contributed by atoms with van der Waals surface area (Å²) in [6, 6.07) is 5.10. The zero-order valence-electron chi connectivity index (χ0n) is 16.1. The number of rotatable bonds is 8. The lowest BCUT2D eigenvalue weighted by atomic mass is 10.1. The molecule has 0 radical (unpaired) electrons. The number of carbonyl (C=O) groups is 5. The first kappa shape index (κ1) is 21.1. The highest BCUT2D eigenvalue weighted by molar-refractivity contribution is 6.22. The largest absolute Gasteiger partial charge is 0.454 e. The number of likely N-dealkylation sites (N-methyl/N-ethyl adjacent to an activating group) is 2. The van der Waals surface area contributed by atoms with Crippen LogP contribution in [0.15, 0.2) is 24.3 Å². The molecule has 0 spiro atoms. The van der Waals surface area contributed by atoms with E-state index in [2.05, 4.69) is 5.32 Å². The lowest BCUT2D eigenvalue weighted by molar-refractivity contribution is -0.155. The van der Waals surface area contributed by atoms with Gasteiger partial charge in [0.25, 0.3) is 17.7 Å². The highest BCUT2D eigenvalue weighted by atomic mass is 16.5. The van der Waals surface area contributed by atoms with Crippen LogP contribution in [0.25, 0.3) is 0 Å². The number of ether oxygens (including phenoxy) is 1. The lowest BCUT2D eigenvalue weighted by Gasteiger charge is -2.23. The summed E-state index contributed by atoms with van der Waals surface area (Å²) in [5.74, 6) is -2.90. The summed E-state index contributed by atoms with van der Waals surface area (Å²) >= 11 is 0. The summed E-state index contributed by atoms with van der Waals surface area (Å²) in [5.41, 5.74) is 0.449. The van der Waals surface area contributed by atoms with Crippen molar-refractivity contribution in [3.63, 3.8) is 0 Å². The van der Waals surface area contributed by atoms with E-state index in [0.29, 0.717) is 6.54 Å². The smallest absolute Gasteiger partial charge is 0.329 e. The molecule has 0 saturated carbocycles. The molecule has 1 aliphatic rings. The second-order valence-corrected chi connectivity index (χ2v) is 6.17. The van der Waals surface area contributed by atoms with Crippen molar-refractivity contribution in [2.45, 2.75) is 26.8 Å². The number of hydrogen-bond donors (Lipinski definition) is 1. The maximum atomic E-state index is 12.4. The molecule has 1 aliphatic heterocycles. The monoisotopic (exact) mass is 389 g/mol. The van der Waals surface area contributed by atoms with E-state index in [0.717, 1.165) is 4.90 Å². The third-order valence-corrected chi connectivity index (χ3v) is 4.33. The van der Waals surface area contributed by atoms with Crippen molar-refractivity contribution in [2.24, 2.45) is 0 Å². The number of fused-ring (bicyclic) bond motifs is 1. The molecular weight excluding hydrogens is 366 g/mol. The Balaban J connectivity index is 1.96. The Kier molecular flexibility index (Phi) is 6.86. The predicted molar refractivity (Wildman–Crippen MR) is 98.3 cm³/mol. The average Bonchev–Trinajstić information content (AvgIpc) is 2.94. The topological polar surface area (TPSA) is 113 Å². The van der Waals surface area contributed by atoms with Crippen LogP contribution < -0.4 is 5.32 Å². The van der Waals surface area contributed by atoms with Gasteiger partial charge >= 0.3 is 5.97 Å². The summed E-state index contributed by atoms with van der Waals surface area (Å²) in [6.07, 6.45) is 0. The van der Waals surface area contributed by atoms with E-state index in [1.165, 1.54) is 24.0 Å². The molecule has 1 aromatic rings. The molecule has 150 valence electrons. The van der Waals surface area contributed by atoms with E-state index >= 15 is 0 Å². The van der Waals surface area contributed by atoms with E-state index in [9.17, 15) is 24.0 Å². The van der Waals surface area contributed by atoms with Crippen LogP contribution in [-0.2, 0) is 19.1 Å². The third-order valence-electron chi connectivity index (χ3n) is 4.33. The highest BCUT2D eigenvalue weighted by Crippen LogP contribution is 2.24. The molecule has 1 heterocycles. The van der Waals surface area contributed by atoms with Gasteiger partial charge in [0, 0.05) is 13.1 Å². The molecule has 9 heteroatoms. The number of hydrogen-bond acceptors (Lipinski definition) is 6. The van der Waals surface area contributed by atoms with Crippen LogP contribution in [-0.4, -0.2) is 71.7 Å². The Morgan fingerprint density at radius 2 is 1.68 bits per heavy atom. The maximum absolute atomic E-state index is 12.4. The molecule has 9 nitrogen and oxygen atoms in total. The summed E-state index contributed by atoms with van der Waals surface area (Å²) in [5, 5.41) is 2.58. The first-order chi connectivity index (χ1) is 13.3. The van der Waals surface area contributed by atoms with E-state index in [1.54, 1.807) is 26.0 Å². The van der Waals surface area contributed by atoms with Gasteiger partial charge in [-0.3, -0.25) is 24.1 Å². The van der Waals surface area contributed by atoms with Gasteiger partial charge in [-0.25, -0.2) is 4.79 Å². The van der Waals surface area contributed by atoms with Crippen molar-refractivity contribution in [1.29, 1.82) is 0 Å². The van der Waals surface area contributed by atoms with Crippen LogP contribution in [0, 0.1) is 0 Å². The normalized spacial score (nSPS) is 13.8. The number of carbonyl (C=O) groups excluding carboxylic acids is 5. The van der Waals surface area contributed by atoms with Crippen molar-refractivity contribution in [1.82, 2.24) is 15.1 Å². The highest BCUT2D eigenvalue weighted by Gasteiger charge is 2.41. The number of amides is 4. The van der Waals surface area contributed by atoms with Crippen molar-refractivity contribution in [3.8, 4) is 0 Å². The zero-order chi connectivity index (χ0) is 20.8. The van der Waals surface area contributed by atoms with Gasteiger partial charge in [-0.1, -0.05) is 12.1 Å². The van der Waals surface area contributed by atoms with Gasteiger partial charge in [0.1, 0.15) is 6.04 Å². The summed E-state index contributed by atoms with van der Waals surface area (Å²) in [6.45, 7) is 4.80. The fourth-order valence-corrected chi connectivity index (χ4v) is 2.81. The second-order valence-electron chi connectivity index (χ2n) is 6.17. The molecule has 1 atom stereocenters. The first-order valence-electron chi connectivity index (χ1n) is 8.99. The molecular formula is C19H23N3O6. The van der Waals surface area contributed by atoms with E-state index in [4.69, 9.17) is 4.74 Å². The van der Waals surface area contributed by atoms with Crippen LogP contribution in [0.5, 0.6) is 0 Å². The Morgan fingerprint density at radius 3 is 2.18 bits per heavy atom. The van der Waals surface area contributed by atoms with Gasteiger partial charge in [-0.2, -0.15) is 0 Å². The third kappa shape index (κ3) is 4.36. The molecule has 0 bridgehead atoms. The molecule has 0 aliphatic carbocycles. The van der Waals surface area contributed by atoms with Gasteiger partial charge < -0.3 is 15.0 Å². The number of benzene rings is 1. The van der Waals surface area contributed by atoms with Crippen molar-refractivity contribution in [2.75, 3.05) is 26.2 Å². The molecule has 4 amide bonds. The quantitative estimate of drug-likeness (QED) is 0.502. The Hall–Kier alpha value is -3.23. The Bertz CT molecular complexity index is 772. The predicted octanol–water partition coefficient (Wildman–Crippen LogP) is 0.199. The first-order valence-corrected chi connectivity index (χ1v) is 8.99. The molecule has 0 unspecified atom stereocenters. The fraction of sp³-hybridized carbons (Fsp3) is 0.421. The van der Waals surface area contributed by atoms with Gasteiger partial charge in [0.15, 0.2) is 6.61 Å². The number of nitrogens with one attached hydrogen (secondary N) is 1. The molecule has 0 saturated heterocycles.